The first-order chi connectivity index (χ1) is 9.44. The number of pyridine rings is 1. The number of ether oxygens (including phenoxy) is 2. The second-order valence-corrected chi connectivity index (χ2v) is 6.43. The van der Waals surface area contributed by atoms with E-state index in [0.717, 1.165) is 49.7 Å². The lowest BCUT2D eigenvalue weighted by Crippen LogP contribution is -2.35. The van der Waals surface area contributed by atoms with Crippen molar-refractivity contribution in [1.82, 2.24) is 10.3 Å². The minimum absolute atomic E-state index is 0.0708. The summed E-state index contributed by atoms with van der Waals surface area (Å²) in [6.07, 6.45) is 2.17. The van der Waals surface area contributed by atoms with Crippen LogP contribution in [0.25, 0.3) is 0 Å². The summed E-state index contributed by atoms with van der Waals surface area (Å²) in [5.74, 6) is 0.902. The Labute approximate surface area is 121 Å². The molecule has 0 aromatic carbocycles. The molecule has 112 valence electrons. The van der Waals surface area contributed by atoms with Crippen molar-refractivity contribution in [3.63, 3.8) is 0 Å². The largest absolute Gasteiger partial charge is 0.488 e. The number of hydrogen-bond acceptors (Lipinski definition) is 4. The molecule has 20 heavy (non-hydrogen) atoms. The summed E-state index contributed by atoms with van der Waals surface area (Å²) >= 11 is 0. The summed E-state index contributed by atoms with van der Waals surface area (Å²) < 4.78 is 11.5. The maximum atomic E-state index is 6.12. The number of nitrogens with zero attached hydrogens (tertiary/aromatic N) is 1. The van der Waals surface area contributed by atoms with Gasteiger partial charge in [0.15, 0.2) is 0 Å². The van der Waals surface area contributed by atoms with E-state index in [1.165, 1.54) is 0 Å². The van der Waals surface area contributed by atoms with Gasteiger partial charge in [0.25, 0.3) is 0 Å². The Morgan fingerprint density at radius 2 is 2.00 bits per heavy atom. The molecule has 1 aliphatic rings. The molecular formula is C16H26N2O2. The van der Waals surface area contributed by atoms with E-state index >= 15 is 0 Å². The Kier molecular flexibility index (Phi) is 5.00. The van der Waals surface area contributed by atoms with E-state index in [0.29, 0.717) is 0 Å². The van der Waals surface area contributed by atoms with E-state index in [1.54, 1.807) is 0 Å². The highest BCUT2D eigenvalue weighted by Crippen LogP contribution is 2.22. The van der Waals surface area contributed by atoms with E-state index in [2.05, 4.69) is 31.1 Å². The molecule has 0 aliphatic carbocycles. The zero-order chi connectivity index (χ0) is 14.6. The first-order valence-electron chi connectivity index (χ1n) is 7.40. The molecule has 0 radical (unpaired) electrons. The van der Waals surface area contributed by atoms with Gasteiger partial charge in [0, 0.05) is 30.6 Å². The van der Waals surface area contributed by atoms with E-state index in [4.69, 9.17) is 9.47 Å². The van der Waals surface area contributed by atoms with Crippen molar-refractivity contribution in [2.75, 3.05) is 13.2 Å². The number of aromatic nitrogens is 1. The second-order valence-electron chi connectivity index (χ2n) is 6.43. The minimum atomic E-state index is 0.0708. The lowest BCUT2D eigenvalue weighted by molar-refractivity contribution is 0.0249. The van der Waals surface area contributed by atoms with Gasteiger partial charge in [-0.3, -0.25) is 4.98 Å². The monoisotopic (exact) mass is 278 g/mol. The van der Waals surface area contributed by atoms with Crippen molar-refractivity contribution in [1.29, 1.82) is 0 Å². The fraction of sp³-hybridized carbons (Fsp3) is 0.688. The van der Waals surface area contributed by atoms with Gasteiger partial charge >= 0.3 is 0 Å². The predicted molar refractivity (Wildman–Crippen MR) is 80.0 cm³/mol. The van der Waals surface area contributed by atoms with Crippen LogP contribution in [0.1, 0.15) is 45.0 Å². The molecule has 0 spiro atoms. The smallest absolute Gasteiger partial charge is 0.142 e. The maximum absolute atomic E-state index is 6.12. The van der Waals surface area contributed by atoms with Crippen LogP contribution in [0.15, 0.2) is 12.1 Å². The summed E-state index contributed by atoms with van der Waals surface area (Å²) in [5, 5.41) is 3.48. The Morgan fingerprint density at radius 1 is 1.30 bits per heavy atom. The van der Waals surface area contributed by atoms with Crippen molar-refractivity contribution < 1.29 is 9.47 Å². The third-order valence-electron chi connectivity index (χ3n) is 3.32. The Hall–Kier alpha value is -1.13. The SMILES string of the molecule is Cc1ccc(OC2CCOCC2)c(CNC(C)(C)C)n1. The van der Waals surface area contributed by atoms with Gasteiger partial charge in [-0.25, -0.2) is 0 Å². The van der Waals surface area contributed by atoms with E-state index in [9.17, 15) is 0 Å². The van der Waals surface area contributed by atoms with Crippen LogP contribution in [0, 0.1) is 6.92 Å². The van der Waals surface area contributed by atoms with Crippen molar-refractivity contribution in [3.8, 4) is 5.75 Å². The van der Waals surface area contributed by atoms with Gasteiger partial charge in [-0.1, -0.05) is 0 Å². The lowest BCUT2D eigenvalue weighted by Gasteiger charge is -2.25. The molecule has 2 rings (SSSR count). The normalized spacial score (nSPS) is 17.2. The van der Waals surface area contributed by atoms with Gasteiger partial charge in [0.05, 0.1) is 18.9 Å². The fourth-order valence-corrected chi connectivity index (χ4v) is 2.15. The van der Waals surface area contributed by atoms with Crippen LogP contribution in [0.4, 0.5) is 0 Å². The number of aryl methyl sites for hydroxylation is 1. The topological polar surface area (TPSA) is 43.4 Å². The molecule has 1 N–H and O–H groups in total. The van der Waals surface area contributed by atoms with E-state index in [-0.39, 0.29) is 11.6 Å². The van der Waals surface area contributed by atoms with Crippen molar-refractivity contribution in [3.05, 3.63) is 23.5 Å². The molecule has 2 heterocycles. The van der Waals surface area contributed by atoms with Crippen LogP contribution in [0.2, 0.25) is 0 Å². The molecule has 0 saturated carbocycles. The van der Waals surface area contributed by atoms with Gasteiger partial charge in [-0.15, -0.1) is 0 Å². The van der Waals surface area contributed by atoms with Gasteiger partial charge < -0.3 is 14.8 Å². The molecule has 1 fully saturated rings. The molecule has 0 atom stereocenters. The van der Waals surface area contributed by atoms with Crippen molar-refractivity contribution in [2.24, 2.45) is 0 Å². The van der Waals surface area contributed by atoms with Gasteiger partial charge in [0.1, 0.15) is 11.9 Å². The molecule has 4 nitrogen and oxygen atoms in total. The van der Waals surface area contributed by atoms with Crippen LogP contribution in [-0.4, -0.2) is 29.8 Å². The Balaban J connectivity index is 2.06. The lowest BCUT2D eigenvalue weighted by atomic mass is 10.1. The van der Waals surface area contributed by atoms with Crippen LogP contribution >= 0.6 is 0 Å². The third kappa shape index (κ3) is 4.76. The minimum Gasteiger partial charge on any atom is -0.488 e. The highest BCUT2D eigenvalue weighted by atomic mass is 16.5. The Morgan fingerprint density at radius 3 is 2.65 bits per heavy atom. The van der Waals surface area contributed by atoms with Crippen LogP contribution in [0.5, 0.6) is 5.75 Å². The van der Waals surface area contributed by atoms with Crippen LogP contribution in [0.3, 0.4) is 0 Å². The molecule has 1 aromatic heterocycles. The zero-order valence-corrected chi connectivity index (χ0v) is 13.0. The maximum Gasteiger partial charge on any atom is 0.142 e. The van der Waals surface area contributed by atoms with Gasteiger partial charge in [0.2, 0.25) is 0 Å². The van der Waals surface area contributed by atoms with E-state index < -0.39 is 0 Å². The number of nitrogens with one attached hydrogen (secondary N) is 1. The summed E-state index contributed by atoms with van der Waals surface area (Å²) in [4.78, 5) is 4.62. The quantitative estimate of drug-likeness (QED) is 0.919. The average molecular weight is 278 g/mol. The molecule has 4 heteroatoms. The summed E-state index contributed by atoms with van der Waals surface area (Å²) in [5.41, 5.74) is 2.09. The molecule has 1 saturated heterocycles. The summed E-state index contributed by atoms with van der Waals surface area (Å²) in [7, 11) is 0. The van der Waals surface area contributed by atoms with Gasteiger partial charge in [-0.2, -0.15) is 0 Å². The third-order valence-corrected chi connectivity index (χ3v) is 3.32. The van der Waals surface area contributed by atoms with Crippen LogP contribution in [-0.2, 0) is 11.3 Å². The Bertz CT molecular complexity index is 435. The summed E-state index contributed by atoms with van der Waals surface area (Å²) in [6, 6.07) is 4.05. The summed E-state index contributed by atoms with van der Waals surface area (Å²) in [6.45, 7) is 10.8. The standard InChI is InChI=1S/C16H26N2O2/c1-12-5-6-15(20-13-7-9-19-10-8-13)14(18-12)11-17-16(2,3)4/h5-6,13,17H,7-11H2,1-4H3. The van der Waals surface area contributed by atoms with Crippen molar-refractivity contribution in [2.45, 2.75) is 58.7 Å². The molecule has 1 aliphatic heterocycles. The number of hydrogen-bond donors (Lipinski definition) is 1. The number of rotatable bonds is 4. The predicted octanol–water partition coefficient (Wildman–Crippen LogP) is 2.84. The van der Waals surface area contributed by atoms with Crippen molar-refractivity contribution >= 4 is 0 Å². The highest BCUT2D eigenvalue weighted by Gasteiger charge is 2.18. The average Bonchev–Trinajstić information content (AvgIpc) is 2.39. The van der Waals surface area contributed by atoms with Crippen LogP contribution < -0.4 is 10.1 Å². The molecule has 0 amide bonds. The van der Waals surface area contributed by atoms with E-state index in [1.807, 2.05) is 19.1 Å². The highest BCUT2D eigenvalue weighted by molar-refractivity contribution is 5.29. The zero-order valence-electron chi connectivity index (χ0n) is 13.0. The fourth-order valence-electron chi connectivity index (χ4n) is 2.15. The second kappa shape index (κ2) is 6.55. The van der Waals surface area contributed by atoms with Gasteiger partial charge in [-0.05, 0) is 39.8 Å². The first-order valence-corrected chi connectivity index (χ1v) is 7.40. The molecule has 1 aromatic rings. The first kappa shape index (κ1) is 15.3. The molecule has 0 bridgehead atoms. The molecule has 0 unspecified atom stereocenters. The molecular weight excluding hydrogens is 252 g/mol.